The minimum atomic E-state index is -3.57. The summed E-state index contributed by atoms with van der Waals surface area (Å²) < 4.78 is 31.9. The fourth-order valence-electron chi connectivity index (χ4n) is 2.69. The number of aliphatic imine (C=N–C) groups is 1. The minimum absolute atomic E-state index is 0.0612. The number of carbonyl (C=O) groups is 1. The standard InChI is InChI=1S/C15H19N3O4S/c1-2-11-10-18(7-8-22-11)14(19)9-16-15-12-5-3-4-6-13(12)23(20,21)17-15/h3-6,11H,2,7-10H2,1H3,(H,16,17). The summed E-state index contributed by atoms with van der Waals surface area (Å²) in [6.45, 7) is 3.56. The second-order valence-corrected chi connectivity index (χ2v) is 7.16. The van der Waals surface area contributed by atoms with Crippen LogP contribution in [0.2, 0.25) is 0 Å². The lowest BCUT2D eigenvalue weighted by molar-refractivity contribution is -0.137. The van der Waals surface area contributed by atoms with Crippen LogP contribution in [0.5, 0.6) is 0 Å². The van der Waals surface area contributed by atoms with Gasteiger partial charge in [0.05, 0.1) is 17.6 Å². The van der Waals surface area contributed by atoms with Gasteiger partial charge in [0.15, 0.2) is 0 Å². The van der Waals surface area contributed by atoms with E-state index in [9.17, 15) is 13.2 Å². The molecule has 0 radical (unpaired) electrons. The second-order valence-electron chi connectivity index (χ2n) is 5.51. The Balaban J connectivity index is 1.73. The van der Waals surface area contributed by atoms with E-state index in [0.29, 0.717) is 25.3 Å². The van der Waals surface area contributed by atoms with Crippen molar-refractivity contribution >= 4 is 21.8 Å². The Bertz CT molecular complexity index is 745. The number of morpholine rings is 1. The lowest BCUT2D eigenvalue weighted by atomic mass is 10.2. The van der Waals surface area contributed by atoms with Crippen LogP contribution in [0.15, 0.2) is 34.2 Å². The van der Waals surface area contributed by atoms with Crippen LogP contribution >= 0.6 is 0 Å². The lowest BCUT2D eigenvalue weighted by Crippen LogP contribution is -2.46. The molecule has 1 unspecified atom stereocenters. The average molecular weight is 337 g/mol. The van der Waals surface area contributed by atoms with Gasteiger partial charge in [-0.1, -0.05) is 19.1 Å². The first-order valence-electron chi connectivity index (χ1n) is 7.57. The number of nitrogens with zero attached hydrogens (tertiary/aromatic N) is 2. The van der Waals surface area contributed by atoms with Gasteiger partial charge in [0, 0.05) is 18.7 Å². The Morgan fingerprint density at radius 1 is 1.43 bits per heavy atom. The van der Waals surface area contributed by atoms with Crippen LogP contribution in [0, 0.1) is 0 Å². The molecular formula is C15H19N3O4S. The number of nitrogens with one attached hydrogen (secondary N) is 1. The van der Waals surface area contributed by atoms with Crippen molar-refractivity contribution in [1.82, 2.24) is 9.62 Å². The zero-order chi connectivity index (χ0) is 16.4. The second kappa shape index (κ2) is 6.29. The summed E-state index contributed by atoms with van der Waals surface area (Å²) in [7, 11) is -3.57. The van der Waals surface area contributed by atoms with Crippen LogP contribution in [0.25, 0.3) is 0 Å². The van der Waals surface area contributed by atoms with Crippen molar-refractivity contribution in [2.75, 3.05) is 26.2 Å². The maximum absolute atomic E-state index is 12.3. The van der Waals surface area contributed by atoms with Gasteiger partial charge in [-0.25, -0.2) is 8.42 Å². The Labute approximate surface area is 135 Å². The third-order valence-corrected chi connectivity index (χ3v) is 5.38. The molecule has 1 N–H and O–H groups in total. The van der Waals surface area contributed by atoms with Crippen molar-refractivity contribution < 1.29 is 17.9 Å². The molecule has 7 nitrogen and oxygen atoms in total. The highest BCUT2D eigenvalue weighted by Crippen LogP contribution is 2.22. The Morgan fingerprint density at radius 3 is 3.00 bits per heavy atom. The highest BCUT2D eigenvalue weighted by Gasteiger charge is 2.30. The summed E-state index contributed by atoms with van der Waals surface area (Å²) in [5.41, 5.74) is 0.508. The Hall–Kier alpha value is -1.93. The quantitative estimate of drug-likeness (QED) is 0.863. The van der Waals surface area contributed by atoms with E-state index in [1.807, 2.05) is 6.92 Å². The van der Waals surface area contributed by atoms with Gasteiger partial charge in [0.25, 0.3) is 10.0 Å². The molecular weight excluding hydrogens is 318 g/mol. The van der Waals surface area contributed by atoms with E-state index >= 15 is 0 Å². The fourth-order valence-corrected chi connectivity index (χ4v) is 3.94. The predicted octanol–water partition coefficient (Wildman–Crippen LogP) is 0.363. The molecule has 1 fully saturated rings. The zero-order valence-corrected chi connectivity index (χ0v) is 13.7. The van der Waals surface area contributed by atoms with E-state index in [1.54, 1.807) is 23.1 Å². The van der Waals surface area contributed by atoms with E-state index in [0.717, 1.165) is 6.42 Å². The summed E-state index contributed by atoms with van der Waals surface area (Å²) in [6.07, 6.45) is 0.914. The van der Waals surface area contributed by atoms with Crippen molar-refractivity contribution in [2.45, 2.75) is 24.3 Å². The first-order chi connectivity index (χ1) is 11.0. The molecule has 2 aliphatic rings. The van der Waals surface area contributed by atoms with Gasteiger partial charge < -0.3 is 9.64 Å². The largest absolute Gasteiger partial charge is 0.375 e. The number of carbonyl (C=O) groups excluding carboxylic acids is 1. The van der Waals surface area contributed by atoms with Crippen molar-refractivity contribution in [2.24, 2.45) is 4.99 Å². The van der Waals surface area contributed by atoms with Gasteiger partial charge >= 0.3 is 0 Å². The lowest BCUT2D eigenvalue weighted by Gasteiger charge is -2.32. The predicted molar refractivity (Wildman–Crippen MR) is 84.8 cm³/mol. The summed E-state index contributed by atoms with van der Waals surface area (Å²) in [5, 5.41) is 0. The molecule has 1 amide bonds. The zero-order valence-electron chi connectivity index (χ0n) is 12.9. The number of fused-ring (bicyclic) bond motifs is 1. The number of amides is 1. The molecule has 0 bridgehead atoms. The molecule has 2 heterocycles. The number of ether oxygens (including phenoxy) is 1. The van der Waals surface area contributed by atoms with Gasteiger partial charge in [-0.15, -0.1) is 0 Å². The van der Waals surface area contributed by atoms with E-state index in [-0.39, 0.29) is 29.3 Å². The SMILES string of the molecule is CCC1CN(C(=O)CN=C2NS(=O)(=O)c3ccccc32)CCO1. The summed E-state index contributed by atoms with van der Waals surface area (Å²) in [6, 6.07) is 6.60. The normalized spacial score (nSPS) is 24.3. The van der Waals surface area contributed by atoms with Crippen molar-refractivity contribution in [3.8, 4) is 0 Å². The topological polar surface area (TPSA) is 88.1 Å². The van der Waals surface area contributed by atoms with Gasteiger partial charge in [-0.3, -0.25) is 14.5 Å². The van der Waals surface area contributed by atoms with Crippen molar-refractivity contribution in [3.63, 3.8) is 0 Å². The van der Waals surface area contributed by atoms with Gasteiger partial charge in [0.1, 0.15) is 12.4 Å². The summed E-state index contributed by atoms with van der Waals surface area (Å²) >= 11 is 0. The van der Waals surface area contributed by atoms with Crippen LogP contribution in [-0.4, -0.2) is 57.4 Å². The smallest absolute Gasteiger partial charge is 0.263 e. The molecule has 0 saturated carbocycles. The molecule has 0 aliphatic carbocycles. The number of hydrogen-bond donors (Lipinski definition) is 1. The number of hydrogen-bond acceptors (Lipinski definition) is 5. The number of benzene rings is 1. The molecule has 1 aromatic carbocycles. The van der Waals surface area contributed by atoms with E-state index in [2.05, 4.69) is 9.71 Å². The van der Waals surface area contributed by atoms with Crippen molar-refractivity contribution in [1.29, 1.82) is 0 Å². The highest BCUT2D eigenvalue weighted by molar-refractivity contribution is 7.90. The number of rotatable bonds is 3. The Morgan fingerprint density at radius 2 is 2.22 bits per heavy atom. The van der Waals surface area contributed by atoms with Crippen LogP contribution < -0.4 is 4.72 Å². The van der Waals surface area contributed by atoms with E-state index in [1.165, 1.54) is 6.07 Å². The van der Waals surface area contributed by atoms with Gasteiger partial charge in [0.2, 0.25) is 5.91 Å². The molecule has 1 aromatic rings. The summed E-state index contributed by atoms with van der Waals surface area (Å²) in [4.78, 5) is 18.4. The third kappa shape index (κ3) is 3.23. The maximum atomic E-state index is 12.3. The molecule has 2 aliphatic heterocycles. The number of sulfonamides is 1. The fraction of sp³-hybridized carbons (Fsp3) is 0.467. The minimum Gasteiger partial charge on any atom is -0.375 e. The molecule has 3 rings (SSSR count). The molecule has 8 heteroatoms. The monoisotopic (exact) mass is 337 g/mol. The molecule has 1 atom stereocenters. The molecule has 0 spiro atoms. The van der Waals surface area contributed by atoms with Crippen LogP contribution in [0.4, 0.5) is 0 Å². The van der Waals surface area contributed by atoms with Crippen LogP contribution in [-0.2, 0) is 19.6 Å². The summed E-state index contributed by atoms with van der Waals surface area (Å²) in [5.74, 6) is 0.108. The molecule has 124 valence electrons. The third-order valence-electron chi connectivity index (χ3n) is 3.98. The van der Waals surface area contributed by atoms with Gasteiger partial charge in [-0.2, -0.15) is 0 Å². The molecule has 1 saturated heterocycles. The molecule has 23 heavy (non-hydrogen) atoms. The van der Waals surface area contributed by atoms with E-state index < -0.39 is 10.0 Å². The highest BCUT2D eigenvalue weighted by atomic mass is 32.2. The first-order valence-corrected chi connectivity index (χ1v) is 9.05. The first kappa shape index (κ1) is 15.9. The van der Waals surface area contributed by atoms with Crippen LogP contribution in [0.1, 0.15) is 18.9 Å². The Kier molecular flexibility index (Phi) is 4.36. The number of amidine groups is 1. The van der Waals surface area contributed by atoms with Crippen molar-refractivity contribution in [3.05, 3.63) is 29.8 Å². The maximum Gasteiger partial charge on any atom is 0.263 e. The van der Waals surface area contributed by atoms with E-state index in [4.69, 9.17) is 4.74 Å². The van der Waals surface area contributed by atoms with Crippen LogP contribution in [0.3, 0.4) is 0 Å². The molecule has 0 aromatic heterocycles. The average Bonchev–Trinajstić information content (AvgIpc) is 2.84. The van der Waals surface area contributed by atoms with Gasteiger partial charge in [-0.05, 0) is 18.6 Å².